The van der Waals surface area contributed by atoms with Crippen molar-refractivity contribution in [2.24, 2.45) is 0 Å². The van der Waals surface area contributed by atoms with Gasteiger partial charge in [0.15, 0.2) is 0 Å². The summed E-state index contributed by atoms with van der Waals surface area (Å²) in [4.78, 5) is 0. The molecule has 0 unspecified atom stereocenters. The van der Waals surface area contributed by atoms with E-state index < -0.39 is 0 Å². The molecule has 0 N–H and O–H groups in total. The lowest BCUT2D eigenvalue weighted by Gasteiger charge is -2.14. The van der Waals surface area contributed by atoms with E-state index in [-0.39, 0.29) is 0 Å². The van der Waals surface area contributed by atoms with Gasteiger partial charge in [0.05, 0.1) is 57.6 Å². The molecule has 8 rings (SSSR count). The zero-order valence-electron chi connectivity index (χ0n) is 27.2. The standard InChI is InChI=1S/C46H25N5/c47-26-33-14-7-15-34(27-48)44(33)32-20-21-42-41(25-32)46-40(45-35(28-49)16-8-17-36(45)29-50)18-9-19-43(46)51(42)39-23-37(30-10-3-1-4-11-30)22-38(24-39)31-12-5-2-6-13-31/h1-25H. The van der Waals surface area contributed by atoms with Gasteiger partial charge in [0, 0.05) is 27.6 Å². The Kier molecular flexibility index (Phi) is 7.64. The Labute approximate surface area is 295 Å². The fourth-order valence-corrected chi connectivity index (χ4v) is 7.13. The first kappa shape index (κ1) is 30.6. The number of nitriles is 4. The molecule has 0 aliphatic rings. The molecule has 0 bridgehead atoms. The van der Waals surface area contributed by atoms with Gasteiger partial charge in [-0.05, 0) is 94.0 Å². The second-order valence-electron chi connectivity index (χ2n) is 12.2. The van der Waals surface area contributed by atoms with Crippen LogP contribution in [0.15, 0.2) is 152 Å². The summed E-state index contributed by atoms with van der Waals surface area (Å²) in [5.74, 6) is 0. The fourth-order valence-electron chi connectivity index (χ4n) is 7.13. The molecule has 0 aliphatic carbocycles. The molecule has 51 heavy (non-hydrogen) atoms. The number of benzene rings is 7. The zero-order chi connectivity index (χ0) is 34.9. The Balaban J connectivity index is 1.52. The molecular formula is C46H25N5. The van der Waals surface area contributed by atoms with E-state index in [1.165, 1.54) is 0 Å². The molecule has 234 valence electrons. The Morgan fingerprint density at radius 1 is 0.373 bits per heavy atom. The lowest BCUT2D eigenvalue weighted by Crippen LogP contribution is -1.96. The van der Waals surface area contributed by atoms with Gasteiger partial charge in [-0.1, -0.05) is 91.0 Å². The van der Waals surface area contributed by atoms with Crippen molar-refractivity contribution in [3.05, 3.63) is 174 Å². The lowest BCUT2D eigenvalue weighted by molar-refractivity contribution is 1.18. The molecule has 0 atom stereocenters. The van der Waals surface area contributed by atoms with Crippen LogP contribution in [-0.4, -0.2) is 4.57 Å². The van der Waals surface area contributed by atoms with Crippen LogP contribution < -0.4 is 0 Å². The van der Waals surface area contributed by atoms with Crippen molar-refractivity contribution >= 4 is 21.8 Å². The second kappa shape index (κ2) is 12.7. The minimum Gasteiger partial charge on any atom is -0.309 e. The third-order valence-corrected chi connectivity index (χ3v) is 9.35. The minimum atomic E-state index is 0.401. The third kappa shape index (κ3) is 5.17. The van der Waals surface area contributed by atoms with E-state index >= 15 is 0 Å². The number of rotatable bonds is 5. The van der Waals surface area contributed by atoms with E-state index in [4.69, 9.17) is 0 Å². The molecule has 5 heteroatoms. The molecule has 0 saturated heterocycles. The quantitative estimate of drug-likeness (QED) is 0.185. The highest BCUT2D eigenvalue weighted by molar-refractivity contribution is 6.17. The summed E-state index contributed by atoms with van der Waals surface area (Å²) in [5, 5.41) is 42.3. The van der Waals surface area contributed by atoms with Crippen molar-refractivity contribution < 1.29 is 0 Å². The van der Waals surface area contributed by atoms with Crippen LogP contribution in [0.3, 0.4) is 0 Å². The molecule has 1 aromatic heterocycles. The maximum Gasteiger partial charge on any atom is 0.0998 e. The van der Waals surface area contributed by atoms with Crippen molar-refractivity contribution in [1.29, 1.82) is 21.0 Å². The Morgan fingerprint density at radius 2 is 0.882 bits per heavy atom. The minimum absolute atomic E-state index is 0.401. The molecule has 0 aliphatic heterocycles. The SMILES string of the molecule is N#Cc1cccc(C#N)c1-c1ccc2c(c1)c1c(-c3c(C#N)cccc3C#N)cccc1n2-c1cc(-c2ccccc2)cc(-c2ccccc2)c1. The maximum absolute atomic E-state index is 10.2. The maximum atomic E-state index is 10.2. The fraction of sp³-hybridized carbons (Fsp3) is 0. The molecule has 0 saturated carbocycles. The Bertz CT molecular complexity index is 2710. The Morgan fingerprint density at radius 3 is 1.41 bits per heavy atom. The molecule has 8 aromatic rings. The van der Waals surface area contributed by atoms with E-state index in [9.17, 15) is 21.0 Å². The smallest absolute Gasteiger partial charge is 0.0998 e. The number of hydrogen-bond acceptors (Lipinski definition) is 4. The van der Waals surface area contributed by atoms with Crippen molar-refractivity contribution in [2.45, 2.75) is 0 Å². The van der Waals surface area contributed by atoms with Gasteiger partial charge in [0.1, 0.15) is 0 Å². The number of fused-ring (bicyclic) bond motifs is 3. The number of nitrogens with zero attached hydrogens (tertiary/aromatic N) is 5. The summed E-state index contributed by atoms with van der Waals surface area (Å²) in [5.41, 5.74) is 11.2. The average molecular weight is 648 g/mol. The van der Waals surface area contributed by atoms with Crippen LogP contribution in [0.5, 0.6) is 0 Å². The van der Waals surface area contributed by atoms with Gasteiger partial charge >= 0.3 is 0 Å². The van der Waals surface area contributed by atoms with Crippen LogP contribution in [0.2, 0.25) is 0 Å². The van der Waals surface area contributed by atoms with E-state index in [0.29, 0.717) is 33.4 Å². The molecule has 0 radical (unpaired) electrons. The average Bonchev–Trinajstić information content (AvgIpc) is 3.54. The van der Waals surface area contributed by atoms with Crippen molar-refractivity contribution in [3.8, 4) is 74.5 Å². The van der Waals surface area contributed by atoms with Gasteiger partial charge in [-0.15, -0.1) is 0 Å². The number of aromatic nitrogens is 1. The Hall–Kier alpha value is -7.70. The monoisotopic (exact) mass is 647 g/mol. The van der Waals surface area contributed by atoms with Gasteiger partial charge < -0.3 is 4.57 Å². The van der Waals surface area contributed by atoms with Gasteiger partial charge in [-0.25, -0.2) is 0 Å². The van der Waals surface area contributed by atoms with Gasteiger partial charge in [0.2, 0.25) is 0 Å². The van der Waals surface area contributed by atoms with Crippen molar-refractivity contribution in [1.82, 2.24) is 4.57 Å². The molecule has 5 nitrogen and oxygen atoms in total. The summed E-state index contributed by atoms with van der Waals surface area (Å²) in [6.07, 6.45) is 0. The molecule has 7 aromatic carbocycles. The highest BCUT2D eigenvalue weighted by Crippen LogP contribution is 2.43. The first-order valence-electron chi connectivity index (χ1n) is 16.3. The topological polar surface area (TPSA) is 100 Å². The summed E-state index contributed by atoms with van der Waals surface area (Å²) in [6, 6.07) is 58.6. The highest BCUT2D eigenvalue weighted by atomic mass is 15.0. The zero-order valence-corrected chi connectivity index (χ0v) is 27.2. The predicted molar refractivity (Wildman–Crippen MR) is 201 cm³/mol. The van der Waals surface area contributed by atoms with Crippen LogP contribution in [0.4, 0.5) is 0 Å². The molecule has 0 fully saturated rings. The first-order chi connectivity index (χ1) is 25.1. The van der Waals surface area contributed by atoms with Crippen LogP contribution in [0.25, 0.3) is 72.0 Å². The number of hydrogen-bond donors (Lipinski definition) is 0. The van der Waals surface area contributed by atoms with Crippen LogP contribution in [0.1, 0.15) is 22.3 Å². The second-order valence-corrected chi connectivity index (χ2v) is 12.2. The van der Waals surface area contributed by atoms with E-state index in [2.05, 4.69) is 77.4 Å². The van der Waals surface area contributed by atoms with Crippen molar-refractivity contribution in [2.75, 3.05) is 0 Å². The molecule has 0 amide bonds. The van der Waals surface area contributed by atoms with Gasteiger partial charge in [-0.2, -0.15) is 21.0 Å². The van der Waals surface area contributed by atoms with Crippen molar-refractivity contribution in [3.63, 3.8) is 0 Å². The van der Waals surface area contributed by atoms with Gasteiger partial charge in [-0.3, -0.25) is 0 Å². The summed E-state index contributed by atoms with van der Waals surface area (Å²) in [6.45, 7) is 0. The lowest BCUT2D eigenvalue weighted by atomic mass is 9.90. The van der Waals surface area contributed by atoms with E-state index in [1.54, 1.807) is 36.4 Å². The summed E-state index contributed by atoms with van der Waals surface area (Å²) >= 11 is 0. The predicted octanol–water partition coefficient (Wildman–Crippen LogP) is 10.9. The van der Waals surface area contributed by atoms with E-state index in [0.717, 1.165) is 60.9 Å². The third-order valence-electron chi connectivity index (χ3n) is 9.35. The summed E-state index contributed by atoms with van der Waals surface area (Å²) in [7, 11) is 0. The van der Waals surface area contributed by atoms with Gasteiger partial charge in [0.25, 0.3) is 0 Å². The summed E-state index contributed by atoms with van der Waals surface area (Å²) < 4.78 is 2.22. The highest BCUT2D eigenvalue weighted by Gasteiger charge is 2.22. The van der Waals surface area contributed by atoms with Crippen LogP contribution in [-0.2, 0) is 0 Å². The first-order valence-corrected chi connectivity index (χ1v) is 16.3. The van der Waals surface area contributed by atoms with Crippen LogP contribution in [0, 0.1) is 45.3 Å². The largest absolute Gasteiger partial charge is 0.309 e. The van der Waals surface area contributed by atoms with E-state index in [1.807, 2.05) is 66.7 Å². The normalized spacial score (nSPS) is 10.7. The molecule has 0 spiro atoms. The molecule has 1 heterocycles. The van der Waals surface area contributed by atoms with Crippen LogP contribution >= 0.6 is 0 Å². The molecular weight excluding hydrogens is 623 g/mol.